The van der Waals surface area contributed by atoms with Crippen LogP contribution in [0, 0.1) is 0 Å². The minimum atomic E-state index is -0.848. The number of carbonyl (C=O) groups is 1. The summed E-state index contributed by atoms with van der Waals surface area (Å²) in [6.45, 7) is 0. The molecule has 0 spiro atoms. The summed E-state index contributed by atoms with van der Waals surface area (Å²) in [5, 5.41) is 11.9. The smallest absolute Gasteiger partial charge is 0.308 e. The Hall–Kier alpha value is -2.25. The third-order valence-electron chi connectivity index (χ3n) is 3.22. The number of anilines is 1. The molecule has 0 bridgehead atoms. The van der Waals surface area contributed by atoms with Gasteiger partial charge >= 0.3 is 5.97 Å². The van der Waals surface area contributed by atoms with Gasteiger partial charge in [0, 0.05) is 30.7 Å². The van der Waals surface area contributed by atoms with Gasteiger partial charge in [0.2, 0.25) is 0 Å². The second-order valence-corrected chi connectivity index (χ2v) is 7.17. The molecule has 3 heterocycles. The minimum Gasteiger partial charge on any atom is -0.481 e. The quantitative estimate of drug-likeness (QED) is 0.765. The van der Waals surface area contributed by atoms with Crippen molar-refractivity contribution < 1.29 is 9.90 Å². The number of aliphatic carboxylic acids is 1. The number of aromatic nitrogens is 2. The van der Waals surface area contributed by atoms with Crippen LogP contribution in [-0.2, 0) is 11.2 Å². The van der Waals surface area contributed by atoms with Crippen LogP contribution in [0.15, 0.2) is 35.8 Å². The average Bonchev–Trinajstić information content (AvgIpc) is 3.16. The van der Waals surface area contributed by atoms with Crippen molar-refractivity contribution in [2.24, 2.45) is 0 Å². The molecule has 3 rings (SSSR count). The number of thiazole rings is 1. The third kappa shape index (κ3) is 3.40. The van der Waals surface area contributed by atoms with E-state index < -0.39 is 5.97 Å². The lowest BCUT2D eigenvalue weighted by Crippen LogP contribution is -2.09. The predicted molar refractivity (Wildman–Crippen MR) is 94.3 cm³/mol. The zero-order valence-corrected chi connectivity index (χ0v) is 14.3. The summed E-state index contributed by atoms with van der Waals surface area (Å²) in [7, 11) is 3.87. The van der Waals surface area contributed by atoms with Gasteiger partial charge in [-0.15, -0.1) is 22.7 Å². The van der Waals surface area contributed by atoms with E-state index in [-0.39, 0.29) is 6.42 Å². The third-order valence-corrected chi connectivity index (χ3v) is 5.20. The molecule has 3 aromatic heterocycles. The van der Waals surface area contributed by atoms with Gasteiger partial charge < -0.3 is 10.0 Å². The molecule has 23 heavy (non-hydrogen) atoms. The molecule has 118 valence electrons. The van der Waals surface area contributed by atoms with Crippen LogP contribution in [-0.4, -0.2) is 35.1 Å². The molecule has 0 aromatic carbocycles. The number of carboxylic acids is 1. The molecule has 0 aliphatic carbocycles. The summed E-state index contributed by atoms with van der Waals surface area (Å²) in [5.41, 5.74) is 1.66. The Balaban J connectivity index is 2.01. The van der Waals surface area contributed by atoms with Crippen LogP contribution in [0.25, 0.3) is 21.1 Å². The Kier molecular flexibility index (Phi) is 4.40. The van der Waals surface area contributed by atoms with Gasteiger partial charge in [-0.25, -0.2) is 9.97 Å². The molecule has 1 N–H and O–H groups in total. The number of nitrogens with zero attached hydrogens (tertiary/aromatic N) is 3. The van der Waals surface area contributed by atoms with E-state index in [0.717, 1.165) is 31.8 Å². The zero-order valence-electron chi connectivity index (χ0n) is 12.7. The second-order valence-electron chi connectivity index (χ2n) is 5.14. The van der Waals surface area contributed by atoms with E-state index >= 15 is 0 Å². The highest BCUT2D eigenvalue weighted by Gasteiger charge is 2.17. The van der Waals surface area contributed by atoms with E-state index in [2.05, 4.69) is 9.97 Å². The van der Waals surface area contributed by atoms with Gasteiger partial charge in [-0.1, -0.05) is 6.07 Å². The van der Waals surface area contributed by atoms with Crippen molar-refractivity contribution in [3.05, 3.63) is 40.7 Å². The van der Waals surface area contributed by atoms with Gasteiger partial charge in [0.25, 0.3) is 0 Å². The van der Waals surface area contributed by atoms with Crippen LogP contribution in [0.5, 0.6) is 0 Å². The first-order chi connectivity index (χ1) is 11.0. The van der Waals surface area contributed by atoms with E-state index in [1.165, 1.54) is 11.3 Å². The summed E-state index contributed by atoms with van der Waals surface area (Å²) in [6, 6.07) is 7.79. The molecular formula is C16H15N3O2S2. The number of rotatable bonds is 5. The molecule has 3 aromatic rings. The molecule has 0 amide bonds. The lowest BCUT2D eigenvalue weighted by atomic mass is 10.2. The molecule has 0 atom stereocenters. The van der Waals surface area contributed by atoms with Crippen LogP contribution < -0.4 is 4.90 Å². The lowest BCUT2D eigenvalue weighted by molar-refractivity contribution is -0.136. The van der Waals surface area contributed by atoms with Crippen molar-refractivity contribution in [1.29, 1.82) is 0 Å². The Morgan fingerprint density at radius 3 is 2.70 bits per heavy atom. The molecule has 0 saturated carbocycles. The standard InChI is InChI=1S/C16H15N3O2S2/c1-19(2)13-6-5-10(9-17-13)16-18-15(11-4-3-7-22-11)12(23-16)8-14(20)21/h3-7,9H,8H2,1-2H3,(H,20,21). The van der Waals surface area contributed by atoms with Crippen molar-refractivity contribution in [3.8, 4) is 21.1 Å². The van der Waals surface area contributed by atoms with Gasteiger partial charge in [-0.2, -0.15) is 0 Å². The van der Waals surface area contributed by atoms with Gasteiger partial charge in [-0.3, -0.25) is 4.79 Å². The molecule has 0 fully saturated rings. The van der Waals surface area contributed by atoms with Crippen LogP contribution in [0.1, 0.15) is 4.88 Å². The van der Waals surface area contributed by atoms with Crippen LogP contribution >= 0.6 is 22.7 Å². The van der Waals surface area contributed by atoms with Crippen molar-refractivity contribution in [2.45, 2.75) is 6.42 Å². The summed E-state index contributed by atoms with van der Waals surface area (Å²) >= 11 is 2.98. The number of pyridine rings is 1. The highest BCUT2D eigenvalue weighted by molar-refractivity contribution is 7.17. The maximum absolute atomic E-state index is 11.1. The number of hydrogen-bond acceptors (Lipinski definition) is 6. The van der Waals surface area contributed by atoms with Crippen LogP contribution in [0.3, 0.4) is 0 Å². The largest absolute Gasteiger partial charge is 0.481 e. The van der Waals surface area contributed by atoms with Gasteiger partial charge in [0.15, 0.2) is 0 Å². The first-order valence-corrected chi connectivity index (χ1v) is 8.63. The summed E-state index contributed by atoms with van der Waals surface area (Å²) in [5.74, 6) is 0.0219. The highest BCUT2D eigenvalue weighted by atomic mass is 32.1. The molecule has 7 heteroatoms. The maximum atomic E-state index is 11.1. The molecule has 5 nitrogen and oxygen atoms in total. The first-order valence-electron chi connectivity index (χ1n) is 6.93. The summed E-state index contributed by atoms with van der Waals surface area (Å²) in [4.78, 5) is 23.9. The van der Waals surface area contributed by atoms with E-state index in [1.54, 1.807) is 17.5 Å². The first kappa shape index (κ1) is 15.6. The summed E-state index contributed by atoms with van der Waals surface area (Å²) in [6.07, 6.45) is 1.75. The monoisotopic (exact) mass is 345 g/mol. The molecule has 0 radical (unpaired) electrons. The van der Waals surface area contributed by atoms with Crippen molar-refractivity contribution in [2.75, 3.05) is 19.0 Å². The normalized spacial score (nSPS) is 10.7. The lowest BCUT2D eigenvalue weighted by Gasteiger charge is -2.10. The van der Waals surface area contributed by atoms with Crippen molar-refractivity contribution in [1.82, 2.24) is 9.97 Å². The summed E-state index contributed by atoms with van der Waals surface area (Å²) < 4.78 is 0. The van der Waals surface area contributed by atoms with Crippen LogP contribution in [0.4, 0.5) is 5.82 Å². The maximum Gasteiger partial charge on any atom is 0.308 e. The van der Waals surface area contributed by atoms with Crippen molar-refractivity contribution >= 4 is 34.5 Å². The molecule has 0 unspecified atom stereocenters. The Morgan fingerprint density at radius 2 is 2.13 bits per heavy atom. The molecule has 0 saturated heterocycles. The fourth-order valence-electron chi connectivity index (χ4n) is 2.12. The Bertz CT molecular complexity index is 808. The Labute approximate surface area is 141 Å². The van der Waals surface area contributed by atoms with E-state index in [4.69, 9.17) is 5.11 Å². The highest BCUT2D eigenvalue weighted by Crippen LogP contribution is 2.36. The molecule has 0 aliphatic rings. The number of thiophene rings is 1. The van der Waals surface area contributed by atoms with E-state index in [9.17, 15) is 4.79 Å². The SMILES string of the molecule is CN(C)c1ccc(-c2nc(-c3cccs3)c(CC(=O)O)s2)cn1. The van der Waals surface area contributed by atoms with E-state index in [1.807, 2.05) is 48.6 Å². The van der Waals surface area contributed by atoms with Gasteiger partial charge in [0.1, 0.15) is 10.8 Å². The predicted octanol–water partition coefficient (Wildman–Crippen LogP) is 3.63. The fraction of sp³-hybridized carbons (Fsp3) is 0.188. The minimum absolute atomic E-state index is 0.0197. The molecule has 0 aliphatic heterocycles. The van der Waals surface area contributed by atoms with Gasteiger partial charge in [0.05, 0.1) is 17.0 Å². The van der Waals surface area contributed by atoms with Crippen LogP contribution in [0.2, 0.25) is 0 Å². The molecular weight excluding hydrogens is 330 g/mol. The second kappa shape index (κ2) is 6.47. The van der Waals surface area contributed by atoms with Gasteiger partial charge in [-0.05, 0) is 23.6 Å². The Morgan fingerprint density at radius 1 is 1.30 bits per heavy atom. The fourth-order valence-corrected chi connectivity index (χ4v) is 3.98. The number of carboxylic acid groups (broad SMARTS) is 1. The van der Waals surface area contributed by atoms with Crippen molar-refractivity contribution in [3.63, 3.8) is 0 Å². The zero-order chi connectivity index (χ0) is 16.4. The average molecular weight is 345 g/mol. The number of hydrogen-bond donors (Lipinski definition) is 1. The topological polar surface area (TPSA) is 66.3 Å². The van der Waals surface area contributed by atoms with E-state index in [0.29, 0.717) is 0 Å².